The van der Waals surface area contributed by atoms with E-state index in [4.69, 9.17) is 10.00 Å². The van der Waals surface area contributed by atoms with Gasteiger partial charge in [0.1, 0.15) is 0 Å². The second-order valence-corrected chi connectivity index (χ2v) is 3.81. The first-order valence-electron chi connectivity index (χ1n) is 4.90. The summed E-state index contributed by atoms with van der Waals surface area (Å²) in [5, 5.41) is 8.89. The maximum absolute atomic E-state index is 8.89. The highest BCUT2D eigenvalue weighted by Crippen LogP contribution is 2.30. The van der Waals surface area contributed by atoms with Crippen LogP contribution in [0.4, 0.5) is 0 Å². The predicted octanol–water partition coefficient (Wildman–Crippen LogP) is 2.52. The van der Waals surface area contributed by atoms with Crippen molar-refractivity contribution < 1.29 is 4.74 Å². The van der Waals surface area contributed by atoms with Gasteiger partial charge in [0, 0.05) is 0 Å². The zero-order valence-corrected chi connectivity index (χ0v) is 8.20. The summed E-state index contributed by atoms with van der Waals surface area (Å²) in [6, 6.07) is 2.32. The van der Waals surface area contributed by atoms with Crippen LogP contribution in [-0.2, 0) is 4.74 Å². The maximum atomic E-state index is 8.89. The van der Waals surface area contributed by atoms with E-state index in [1.807, 2.05) is 0 Å². The van der Waals surface area contributed by atoms with Gasteiger partial charge in [-0.3, -0.25) is 0 Å². The van der Waals surface area contributed by atoms with Gasteiger partial charge in [-0.1, -0.05) is 13.0 Å². The fourth-order valence-corrected chi connectivity index (χ4v) is 1.85. The van der Waals surface area contributed by atoms with Gasteiger partial charge in [0.2, 0.25) is 0 Å². The summed E-state index contributed by atoms with van der Waals surface area (Å²) in [5.41, 5.74) is 0. The van der Waals surface area contributed by atoms with Crippen molar-refractivity contribution in [3.8, 4) is 6.07 Å². The van der Waals surface area contributed by atoms with E-state index in [1.165, 1.54) is 0 Å². The summed E-state index contributed by atoms with van der Waals surface area (Å²) in [6.07, 6.45) is 5.04. The molecule has 3 unspecified atom stereocenters. The van der Waals surface area contributed by atoms with E-state index in [2.05, 4.69) is 19.6 Å². The van der Waals surface area contributed by atoms with Crippen LogP contribution in [0.3, 0.4) is 0 Å². The lowest BCUT2D eigenvalue weighted by Gasteiger charge is -2.30. The number of nitriles is 1. The van der Waals surface area contributed by atoms with Crippen molar-refractivity contribution in [3.63, 3.8) is 0 Å². The van der Waals surface area contributed by atoms with E-state index >= 15 is 0 Å². The molecule has 0 bridgehead atoms. The molecule has 0 heterocycles. The third-order valence-corrected chi connectivity index (χ3v) is 2.65. The highest BCUT2D eigenvalue weighted by molar-refractivity contribution is 4.93. The Balaban J connectivity index is 2.45. The van der Waals surface area contributed by atoms with Gasteiger partial charge < -0.3 is 4.74 Å². The zero-order chi connectivity index (χ0) is 9.68. The van der Waals surface area contributed by atoms with Crippen molar-refractivity contribution in [2.45, 2.75) is 32.3 Å². The first-order valence-corrected chi connectivity index (χ1v) is 4.90. The predicted molar refractivity (Wildman–Crippen MR) is 52.1 cm³/mol. The number of rotatable bonds is 3. The molecular weight excluding hydrogens is 162 g/mol. The van der Waals surface area contributed by atoms with Gasteiger partial charge in [-0.05, 0) is 25.2 Å². The van der Waals surface area contributed by atoms with E-state index < -0.39 is 0 Å². The first kappa shape index (κ1) is 10.3. The van der Waals surface area contributed by atoms with Crippen molar-refractivity contribution in [1.29, 1.82) is 5.26 Å². The van der Waals surface area contributed by atoms with Crippen molar-refractivity contribution >= 4 is 0 Å². The molecule has 0 amide bonds. The quantitative estimate of drug-likeness (QED) is 0.624. The smallest absolute Gasteiger partial charge is 0.0740 e. The van der Waals surface area contributed by atoms with Gasteiger partial charge in [-0.15, -0.1) is 6.58 Å². The van der Waals surface area contributed by atoms with Crippen molar-refractivity contribution in [3.05, 3.63) is 12.7 Å². The Morgan fingerprint density at radius 3 is 3.00 bits per heavy atom. The van der Waals surface area contributed by atoms with Gasteiger partial charge in [-0.25, -0.2) is 0 Å². The summed E-state index contributed by atoms with van der Waals surface area (Å²) < 4.78 is 5.57. The monoisotopic (exact) mass is 179 g/mol. The van der Waals surface area contributed by atoms with Crippen molar-refractivity contribution in [2.24, 2.45) is 11.8 Å². The van der Waals surface area contributed by atoms with Crippen LogP contribution in [0.25, 0.3) is 0 Å². The maximum Gasteiger partial charge on any atom is 0.0740 e. The van der Waals surface area contributed by atoms with Gasteiger partial charge in [0.25, 0.3) is 0 Å². The lowest BCUT2D eigenvalue weighted by molar-refractivity contribution is 0.00778. The fourth-order valence-electron chi connectivity index (χ4n) is 1.85. The molecule has 0 saturated heterocycles. The normalized spacial score (nSPS) is 33.7. The minimum atomic E-state index is 0.0937. The average Bonchev–Trinajstić information content (AvgIpc) is 2.15. The summed E-state index contributed by atoms with van der Waals surface area (Å²) in [4.78, 5) is 0. The van der Waals surface area contributed by atoms with E-state index in [0.717, 1.165) is 19.3 Å². The second-order valence-electron chi connectivity index (χ2n) is 3.81. The Labute approximate surface area is 80.2 Å². The fraction of sp³-hybridized carbons (Fsp3) is 0.727. The van der Waals surface area contributed by atoms with Crippen LogP contribution in [0.2, 0.25) is 0 Å². The van der Waals surface area contributed by atoms with Gasteiger partial charge >= 0.3 is 0 Å². The molecule has 0 aliphatic heterocycles. The van der Waals surface area contributed by atoms with Crippen LogP contribution in [0, 0.1) is 23.2 Å². The van der Waals surface area contributed by atoms with Crippen LogP contribution in [0.15, 0.2) is 12.7 Å². The SMILES string of the molecule is C=CCOC1CC(C)CCC1C#N. The molecule has 3 atom stereocenters. The molecule has 0 spiro atoms. The summed E-state index contributed by atoms with van der Waals surface area (Å²) in [6.45, 7) is 6.39. The molecule has 1 rings (SSSR count). The van der Waals surface area contributed by atoms with Crippen LogP contribution >= 0.6 is 0 Å². The van der Waals surface area contributed by atoms with Crippen LogP contribution in [0.1, 0.15) is 26.2 Å². The highest BCUT2D eigenvalue weighted by atomic mass is 16.5. The number of hydrogen-bond acceptors (Lipinski definition) is 2. The molecule has 13 heavy (non-hydrogen) atoms. The summed E-state index contributed by atoms with van der Waals surface area (Å²) >= 11 is 0. The standard InChI is InChI=1S/C11H17NO/c1-3-6-13-11-7-9(2)4-5-10(11)8-12/h3,9-11H,1,4-7H2,2H3. The van der Waals surface area contributed by atoms with E-state index in [-0.39, 0.29) is 12.0 Å². The largest absolute Gasteiger partial charge is 0.373 e. The summed E-state index contributed by atoms with van der Waals surface area (Å²) in [5.74, 6) is 0.788. The van der Waals surface area contributed by atoms with Gasteiger partial charge in [0.05, 0.1) is 24.7 Å². The topological polar surface area (TPSA) is 33.0 Å². The molecule has 0 aromatic rings. The van der Waals surface area contributed by atoms with Crippen LogP contribution < -0.4 is 0 Å². The van der Waals surface area contributed by atoms with Gasteiger partial charge in [0.15, 0.2) is 0 Å². The molecule has 1 aliphatic carbocycles. The van der Waals surface area contributed by atoms with Crippen molar-refractivity contribution in [1.82, 2.24) is 0 Å². The molecule has 1 aliphatic rings. The van der Waals surface area contributed by atoms with Gasteiger partial charge in [-0.2, -0.15) is 5.26 Å². The van der Waals surface area contributed by atoms with E-state index in [1.54, 1.807) is 6.08 Å². The molecule has 2 heteroatoms. The molecule has 0 radical (unpaired) electrons. The molecule has 0 N–H and O–H groups in total. The first-order chi connectivity index (χ1) is 6.27. The van der Waals surface area contributed by atoms with Crippen LogP contribution in [0.5, 0.6) is 0 Å². The van der Waals surface area contributed by atoms with E-state index in [9.17, 15) is 0 Å². The molecular formula is C11H17NO. The third-order valence-electron chi connectivity index (χ3n) is 2.65. The molecule has 2 nitrogen and oxygen atoms in total. The Morgan fingerprint density at radius 1 is 1.62 bits per heavy atom. The molecule has 1 fully saturated rings. The zero-order valence-electron chi connectivity index (χ0n) is 8.20. The lowest BCUT2D eigenvalue weighted by atomic mass is 9.81. The molecule has 72 valence electrons. The summed E-state index contributed by atoms with van der Waals surface area (Å²) in [7, 11) is 0. The van der Waals surface area contributed by atoms with E-state index in [0.29, 0.717) is 12.5 Å². The second kappa shape index (κ2) is 5.04. The van der Waals surface area contributed by atoms with Crippen molar-refractivity contribution in [2.75, 3.05) is 6.61 Å². The Kier molecular flexibility index (Phi) is 3.98. The van der Waals surface area contributed by atoms with Crippen LogP contribution in [-0.4, -0.2) is 12.7 Å². The highest BCUT2D eigenvalue weighted by Gasteiger charge is 2.28. The minimum absolute atomic E-state index is 0.0937. The molecule has 0 aromatic heterocycles. The molecule has 0 aromatic carbocycles. The Morgan fingerprint density at radius 2 is 2.38 bits per heavy atom. The number of ether oxygens (including phenoxy) is 1. The third kappa shape index (κ3) is 2.86. The minimum Gasteiger partial charge on any atom is -0.373 e. The Bertz CT molecular complexity index is 207. The average molecular weight is 179 g/mol. The number of hydrogen-bond donors (Lipinski definition) is 0. The Hall–Kier alpha value is -0.810. The number of nitrogens with zero attached hydrogens (tertiary/aromatic N) is 1. The lowest BCUT2D eigenvalue weighted by Crippen LogP contribution is -2.30. The molecule has 1 saturated carbocycles.